The molecule has 0 radical (unpaired) electrons. The summed E-state index contributed by atoms with van der Waals surface area (Å²) in [5.41, 5.74) is 2.28. The first-order chi connectivity index (χ1) is 8.75. The smallest absolute Gasteiger partial charge is 0.0796 e. The summed E-state index contributed by atoms with van der Waals surface area (Å²) in [6, 6.07) is 0. The van der Waals surface area contributed by atoms with Crippen molar-refractivity contribution < 1.29 is 4.74 Å². The van der Waals surface area contributed by atoms with Gasteiger partial charge in [0.15, 0.2) is 0 Å². The first kappa shape index (κ1) is 16.7. The van der Waals surface area contributed by atoms with E-state index in [-0.39, 0.29) is 5.41 Å². The number of likely N-dealkylation sites (N-methyl/N-ethyl adjacent to an activating group) is 1. The van der Waals surface area contributed by atoms with Crippen LogP contribution in [0.2, 0.25) is 0 Å². The molecule has 0 aromatic heterocycles. The summed E-state index contributed by atoms with van der Waals surface area (Å²) in [6.07, 6.45) is 0. The van der Waals surface area contributed by atoms with E-state index in [0.29, 0.717) is 6.61 Å². The Hall–Kier alpha value is -0.360. The highest BCUT2D eigenvalue weighted by molar-refractivity contribution is 7.74. The zero-order valence-corrected chi connectivity index (χ0v) is 14.1. The van der Waals surface area contributed by atoms with Crippen LogP contribution in [0.25, 0.3) is 0 Å². The Balaban J connectivity index is 2.41. The molecule has 108 valence electrons. The van der Waals surface area contributed by atoms with Gasteiger partial charge in [-0.25, -0.2) is 0 Å². The van der Waals surface area contributed by atoms with Gasteiger partial charge >= 0.3 is 0 Å². The molecule has 1 aromatic rings. The van der Waals surface area contributed by atoms with Crippen LogP contribution in [0.15, 0.2) is 0 Å². The summed E-state index contributed by atoms with van der Waals surface area (Å²) in [5.74, 6) is 0. The van der Waals surface area contributed by atoms with Gasteiger partial charge in [0.25, 0.3) is 0 Å². The van der Waals surface area contributed by atoms with Gasteiger partial charge < -0.3 is 15.0 Å². The predicted octanol–water partition coefficient (Wildman–Crippen LogP) is 3.31. The van der Waals surface area contributed by atoms with E-state index in [2.05, 4.69) is 31.0 Å². The van der Waals surface area contributed by atoms with Crippen LogP contribution in [-0.2, 0) is 10.2 Å². The standard InChI is InChI=1S/C14H24N2OS2/c1-14(2,3)10-11(13(19)12(10)18)15-6-8-17-9-7-16(4)5/h15H,6-9H2,1-5H3. The molecular formula is C14H24N2OS2. The summed E-state index contributed by atoms with van der Waals surface area (Å²) in [5, 5.41) is 3.36. The molecule has 0 saturated carbocycles. The molecule has 1 rings (SSSR count). The number of hydrogen-bond acceptors (Lipinski definition) is 5. The lowest BCUT2D eigenvalue weighted by molar-refractivity contribution is 0.126. The Bertz CT molecular complexity index is 482. The highest BCUT2D eigenvalue weighted by atomic mass is 32.1. The second-order valence-electron chi connectivity index (χ2n) is 6.00. The fourth-order valence-electron chi connectivity index (χ4n) is 1.87. The van der Waals surface area contributed by atoms with Crippen molar-refractivity contribution in [3.8, 4) is 0 Å². The minimum Gasteiger partial charge on any atom is -0.381 e. The molecule has 1 aromatic carbocycles. The maximum absolute atomic E-state index is 5.54. The Morgan fingerprint density at radius 2 is 1.74 bits per heavy atom. The van der Waals surface area contributed by atoms with Crippen LogP contribution in [0, 0.1) is 9.02 Å². The van der Waals surface area contributed by atoms with Gasteiger partial charge in [-0.15, -0.1) is 0 Å². The minimum absolute atomic E-state index is 0.0491. The average Bonchev–Trinajstić information content (AvgIpc) is 2.28. The number of nitrogens with one attached hydrogen (secondary N) is 1. The Morgan fingerprint density at radius 1 is 1.11 bits per heavy atom. The van der Waals surface area contributed by atoms with Gasteiger partial charge in [-0.1, -0.05) is 45.2 Å². The van der Waals surface area contributed by atoms with Gasteiger partial charge in [-0.3, -0.25) is 0 Å². The molecule has 0 saturated heterocycles. The van der Waals surface area contributed by atoms with Crippen molar-refractivity contribution in [2.24, 2.45) is 0 Å². The summed E-state index contributed by atoms with van der Waals surface area (Å²) in [6.45, 7) is 9.62. The van der Waals surface area contributed by atoms with Gasteiger partial charge in [0.2, 0.25) is 0 Å². The van der Waals surface area contributed by atoms with Crippen molar-refractivity contribution in [2.45, 2.75) is 26.2 Å². The first-order valence-electron chi connectivity index (χ1n) is 6.55. The molecule has 0 fully saturated rings. The zero-order chi connectivity index (χ0) is 14.6. The van der Waals surface area contributed by atoms with E-state index in [0.717, 1.165) is 34.4 Å². The Labute approximate surface area is 126 Å². The second kappa shape index (κ2) is 6.88. The van der Waals surface area contributed by atoms with Crippen LogP contribution in [0.3, 0.4) is 0 Å². The molecule has 0 aliphatic rings. The van der Waals surface area contributed by atoms with Crippen molar-refractivity contribution in [2.75, 3.05) is 45.7 Å². The Morgan fingerprint density at radius 3 is 2.26 bits per heavy atom. The molecule has 0 amide bonds. The van der Waals surface area contributed by atoms with Crippen LogP contribution in [0.5, 0.6) is 0 Å². The molecule has 5 heteroatoms. The number of rotatable bonds is 7. The SMILES string of the molecule is CN(C)CCOCCNc1c(C(C)(C)C)c(=S)c1=S. The lowest BCUT2D eigenvalue weighted by Gasteiger charge is -2.27. The van der Waals surface area contributed by atoms with E-state index in [1.54, 1.807) is 0 Å². The molecule has 0 atom stereocenters. The van der Waals surface area contributed by atoms with E-state index >= 15 is 0 Å². The maximum atomic E-state index is 5.54. The molecule has 0 unspecified atom stereocenters. The molecule has 19 heavy (non-hydrogen) atoms. The summed E-state index contributed by atoms with van der Waals surface area (Å²) in [4.78, 5) is 2.10. The fraction of sp³-hybridized carbons (Fsp3) is 0.714. The summed E-state index contributed by atoms with van der Waals surface area (Å²) < 4.78 is 7.19. The monoisotopic (exact) mass is 300 g/mol. The molecule has 3 nitrogen and oxygen atoms in total. The summed E-state index contributed by atoms with van der Waals surface area (Å²) >= 11 is 10.6. The van der Waals surface area contributed by atoms with Gasteiger partial charge in [0, 0.05) is 18.7 Å². The Kier molecular flexibility index (Phi) is 6.05. The average molecular weight is 300 g/mol. The van der Waals surface area contributed by atoms with E-state index in [9.17, 15) is 0 Å². The molecule has 0 heterocycles. The normalized spacial score (nSPS) is 12.3. The molecule has 0 spiro atoms. The van der Waals surface area contributed by atoms with Gasteiger partial charge in [0.05, 0.1) is 27.9 Å². The third-order valence-electron chi connectivity index (χ3n) is 2.89. The van der Waals surface area contributed by atoms with Gasteiger partial charge in [-0.05, 0) is 19.5 Å². The van der Waals surface area contributed by atoms with E-state index < -0.39 is 0 Å². The van der Waals surface area contributed by atoms with Gasteiger partial charge in [0.1, 0.15) is 0 Å². The van der Waals surface area contributed by atoms with E-state index in [1.807, 2.05) is 14.1 Å². The molecule has 0 aliphatic carbocycles. The van der Waals surface area contributed by atoms with Crippen molar-refractivity contribution in [3.63, 3.8) is 0 Å². The molecular weight excluding hydrogens is 276 g/mol. The van der Waals surface area contributed by atoms with E-state index in [1.165, 1.54) is 5.56 Å². The first-order valence-corrected chi connectivity index (χ1v) is 7.37. The van der Waals surface area contributed by atoms with Crippen LogP contribution in [-0.4, -0.2) is 45.3 Å². The van der Waals surface area contributed by atoms with Crippen molar-refractivity contribution in [1.82, 2.24) is 4.90 Å². The zero-order valence-electron chi connectivity index (χ0n) is 12.5. The highest BCUT2D eigenvalue weighted by Crippen LogP contribution is 2.36. The summed E-state index contributed by atoms with van der Waals surface area (Å²) in [7, 11) is 4.07. The van der Waals surface area contributed by atoms with Crippen molar-refractivity contribution in [1.29, 1.82) is 0 Å². The number of hydrogen-bond donors (Lipinski definition) is 1. The third-order valence-corrected chi connectivity index (χ3v) is 3.84. The lowest BCUT2D eigenvalue weighted by atomic mass is 9.83. The molecule has 0 bridgehead atoms. The minimum atomic E-state index is 0.0491. The van der Waals surface area contributed by atoms with Gasteiger partial charge in [-0.2, -0.15) is 0 Å². The number of nitrogens with zero attached hydrogens (tertiary/aromatic N) is 1. The van der Waals surface area contributed by atoms with Crippen molar-refractivity contribution >= 4 is 30.1 Å². The predicted molar refractivity (Wildman–Crippen MR) is 87.0 cm³/mol. The van der Waals surface area contributed by atoms with E-state index in [4.69, 9.17) is 29.2 Å². The second-order valence-corrected chi connectivity index (χ2v) is 6.82. The number of anilines is 1. The lowest BCUT2D eigenvalue weighted by Crippen LogP contribution is -2.22. The van der Waals surface area contributed by atoms with Crippen LogP contribution >= 0.6 is 24.4 Å². The fourth-order valence-corrected chi connectivity index (χ4v) is 2.66. The van der Waals surface area contributed by atoms with Crippen LogP contribution < -0.4 is 5.32 Å². The third kappa shape index (κ3) is 4.60. The largest absolute Gasteiger partial charge is 0.381 e. The quantitative estimate of drug-likeness (QED) is 0.615. The van der Waals surface area contributed by atoms with Crippen LogP contribution in [0.1, 0.15) is 26.3 Å². The van der Waals surface area contributed by atoms with Crippen molar-refractivity contribution in [3.05, 3.63) is 14.6 Å². The number of ether oxygens (including phenoxy) is 1. The van der Waals surface area contributed by atoms with Crippen LogP contribution in [0.4, 0.5) is 5.69 Å². The maximum Gasteiger partial charge on any atom is 0.0796 e. The molecule has 0 aliphatic heterocycles. The highest BCUT2D eigenvalue weighted by Gasteiger charge is 2.25. The molecule has 1 N–H and O–H groups in total. The topological polar surface area (TPSA) is 24.5 Å².